The maximum Gasteiger partial charge on any atom is 0.318 e. The van der Waals surface area contributed by atoms with Gasteiger partial charge in [0.05, 0.1) is 12.0 Å². The Morgan fingerprint density at radius 3 is 2.40 bits per heavy atom. The SMILES string of the molecule is CC1CC(C)N(C(=O)NC2(CC(=O)O)CCCCC2)C1. The number of carboxylic acid groups (broad SMARTS) is 1. The maximum absolute atomic E-state index is 12.5. The highest BCUT2D eigenvalue weighted by Gasteiger charge is 2.39. The Bertz CT molecular complexity index is 377. The predicted octanol–water partition coefficient (Wildman–Crippen LogP) is 2.60. The van der Waals surface area contributed by atoms with Crippen LogP contribution in [-0.4, -0.2) is 40.1 Å². The Balaban J connectivity index is 2.03. The topological polar surface area (TPSA) is 69.6 Å². The average Bonchev–Trinajstić information content (AvgIpc) is 2.68. The number of amides is 2. The molecule has 2 aliphatic rings. The van der Waals surface area contributed by atoms with Gasteiger partial charge in [-0.1, -0.05) is 26.2 Å². The number of rotatable bonds is 3. The molecule has 1 heterocycles. The fourth-order valence-corrected chi connectivity index (χ4v) is 3.75. The fourth-order valence-electron chi connectivity index (χ4n) is 3.75. The molecule has 5 heteroatoms. The Morgan fingerprint density at radius 1 is 1.25 bits per heavy atom. The van der Waals surface area contributed by atoms with Crippen LogP contribution in [0.1, 0.15) is 58.8 Å². The first kappa shape index (κ1) is 15.1. The minimum Gasteiger partial charge on any atom is -0.481 e. The summed E-state index contributed by atoms with van der Waals surface area (Å²) >= 11 is 0. The first-order chi connectivity index (χ1) is 9.42. The van der Waals surface area contributed by atoms with Gasteiger partial charge in [-0.05, 0) is 32.1 Å². The standard InChI is InChI=1S/C15H26N2O3/c1-11-8-12(2)17(10-11)14(20)16-15(9-13(18)19)6-4-3-5-7-15/h11-12H,3-10H2,1-2H3,(H,16,20)(H,18,19). The number of hydrogen-bond donors (Lipinski definition) is 2. The number of aliphatic carboxylic acids is 1. The lowest BCUT2D eigenvalue weighted by atomic mass is 9.79. The van der Waals surface area contributed by atoms with Crippen molar-refractivity contribution in [1.82, 2.24) is 10.2 Å². The van der Waals surface area contributed by atoms with E-state index in [9.17, 15) is 9.59 Å². The van der Waals surface area contributed by atoms with Crippen molar-refractivity contribution in [2.24, 2.45) is 5.92 Å². The number of hydrogen-bond acceptors (Lipinski definition) is 2. The molecule has 20 heavy (non-hydrogen) atoms. The molecule has 2 fully saturated rings. The quantitative estimate of drug-likeness (QED) is 0.836. The monoisotopic (exact) mass is 282 g/mol. The molecule has 0 bridgehead atoms. The van der Waals surface area contributed by atoms with E-state index in [1.54, 1.807) is 0 Å². The highest BCUT2D eigenvalue weighted by Crippen LogP contribution is 2.32. The summed E-state index contributed by atoms with van der Waals surface area (Å²) in [7, 11) is 0. The normalized spacial score (nSPS) is 29.2. The van der Waals surface area contributed by atoms with Gasteiger partial charge in [0.15, 0.2) is 0 Å². The Morgan fingerprint density at radius 2 is 1.90 bits per heavy atom. The largest absolute Gasteiger partial charge is 0.481 e. The Hall–Kier alpha value is -1.26. The molecular formula is C15H26N2O3. The second-order valence-electron chi connectivity index (χ2n) is 6.68. The van der Waals surface area contributed by atoms with Gasteiger partial charge >= 0.3 is 12.0 Å². The van der Waals surface area contributed by atoms with E-state index in [1.807, 2.05) is 4.90 Å². The lowest BCUT2D eigenvalue weighted by Crippen LogP contribution is -2.55. The van der Waals surface area contributed by atoms with Crippen LogP contribution in [0.3, 0.4) is 0 Å². The van der Waals surface area contributed by atoms with Gasteiger partial charge in [0.25, 0.3) is 0 Å². The molecule has 2 rings (SSSR count). The summed E-state index contributed by atoms with van der Waals surface area (Å²) in [6.45, 7) is 4.99. The van der Waals surface area contributed by atoms with Crippen molar-refractivity contribution in [2.45, 2.75) is 70.4 Å². The lowest BCUT2D eigenvalue weighted by Gasteiger charge is -2.38. The first-order valence-electron chi connectivity index (χ1n) is 7.72. The smallest absolute Gasteiger partial charge is 0.318 e. The van der Waals surface area contributed by atoms with E-state index >= 15 is 0 Å². The number of carboxylic acids is 1. The summed E-state index contributed by atoms with van der Waals surface area (Å²) in [6, 6.07) is 0.167. The van der Waals surface area contributed by atoms with E-state index in [0.717, 1.165) is 45.1 Å². The molecule has 0 radical (unpaired) electrons. The van der Waals surface area contributed by atoms with Gasteiger partial charge in [-0.15, -0.1) is 0 Å². The van der Waals surface area contributed by atoms with Crippen molar-refractivity contribution in [3.63, 3.8) is 0 Å². The van der Waals surface area contributed by atoms with Crippen LogP contribution in [0.2, 0.25) is 0 Å². The molecule has 0 spiro atoms. The number of nitrogens with zero attached hydrogens (tertiary/aromatic N) is 1. The van der Waals surface area contributed by atoms with Gasteiger partial charge in [-0.25, -0.2) is 4.79 Å². The first-order valence-corrected chi connectivity index (χ1v) is 7.72. The van der Waals surface area contributed by atoms with Crippen molar-refractivity contribution >= 4 is 12.0 Å². The second kappa shape index (κ2) is 6.02. The summed E-state index contributed by atoms with van der Waals surface area (Å²) in [5.41, 5.74) is -0.535. The summed E-state index contributed by atoms with van der Waals surface area (Å²) in [5, 5.41) is 12.2. The molecule has 114 valence electrons. The third-order valence-electron chi connectivity index (χ3n) is 4.72. The van der Waals surface area contributed by atoms with Crippen LogP contribution in [-0.2, 0) is 4.79 Å². The van der Waals surface area contributed by atoms with E-state index in [-0.39, 0.29) is 18.5 Å². The number of likely N-dealkylation sites (tertiary alicyclic amines) is 1. The maximum atomic E-state index is 12.5. The van der Waals surface area contributed by atoms with E-state index in [4.69, 9.17) is 5.11 Å². The number of urea groups is 1. The molecule has 1 aliphatic carbocycles. The van der Waals surface area contributed by atoms with Crippen molar-refractivity contribution in [3.05, 3.63) is 0 Å². The fraction of sp³-hybridized carbons (Fsp3) is 0.867. The van der Waals surface area contributed by atoms with E-state index in [2.05, 4.69) is 19.2 Å². The van der Waals surface area contributed by atoms with Crippen molar-refractivity contribution in [1.29, 1.82) is 0 Å². The van der Waals surface area contributed by atoms with Crippen LogP contribution in [0.5, 0.6) is 0 Å². The lowest BCUT2D eigenvalue weighted by molar-refractivity contribution is -0.139. The highest BCUT2D eigenvalue weighted by atomic mass is 16.4. The molecule has 1 aliphatic heterocycles. The highest BCUT2D eigenvalue weighted by molar-refractivity contribution is 5.77. The Labute approximate surface area is 120 Å². The van der Waals surface area contributed by atoms with E-state index < -0.39 is 11.5 Å². The third kappa shape index (κ3) is 3.44. The van der Waals surface area contributed by atoms with Crippen LogP contribution < -0.4 is 5.32 Å². The van der Waals surface area contributed by atoms with Crippen molar-refractivity contribution in [2.75, 3.05) is 6.54 Å². The van der Waals surface area contributed by atoms with Crippen molar-refractivity contribution in [3.8, 4) is 0 Å². The second-order valence-corrected chi connectivity index (χ2v) is 6.68. The minimum atomic E-state index is -0.824. The number of nitrogens with one attached hydrogen (secondary N) is 1. The van der Waals surface area contributed by atoms with E-state index in [1.165, 1.54) is 0 Å². The van der Waals surface area contributed by atoms with Crippen molar-refractivity contribution < 1.29 is 14.7 Å². The van der Waals surface area contributed by atoms with Crippen LogP contribution in [0, 0.1) is 5.92 Å². The zero-order chi connectivity index (χ0) is 14.8. The molecule has 1 saturated heterocycles. The molecule has 2 unspecified atom stereocenters. The van der Waals surface area contributed by atoms with Crippen LogP contribution >= 0.6 is 0 Å². The van der Waals surface area contributed by atoms with Gasteiger partial charge in [0.1, 0.15) is 0 Å². The van der Waals surface area contributed by atoms with Crippen LogP contribution in [0.15, 0.2) is 0 Å². The molecule has 5 nitrogen and oxygen atoms in total. The Kier molecular flexibility index (Phi) is 4.55. The molecular weight excluding hydrogens is 256 g/mol. The van der Waals surface area contributed by atoms with Gasteiger partial charge in [0, 0.05) is 12.6 Å². The predicted molar refractivity (Wildman–Crippen MR) is 76.5 cm³/mol. The van der Waals surface area contributed by atoms with Crippen LogP contribution in [0.25, 0.3) is 0 Å². The molecule has 0 aromatic rings. The summed E-state index contributed by atoms with van der Waals surface area (Å²) < 4.78 is 0. The number of carbonyl (C=O) groups excluding carboxylic acids is 1. The van der Waals surface area contributed by atoms with Crippen LogP contribution in [0.4, 0.5) is 4.79 Å². The van der Waals surface area contributed by atoms with Gasteiger partial charge in [-0.3, -0.25) is 4.79 Å². The molecule has 0 aromatic carbocycles. The molecule has 2 amide bonds. The molecule has 2 atom stereocenters. The summed E-state index contributed by atoms with van der Waals surface area (Å²) in [5.74, 6) is -0.299. The molecule has 2 N–H and O–H groups in total. The molecule has 0 aromatic heterocycles. The zero-order valence-electron chi connectivity index (χ0n) is 12.5. The van der Waals surface area contributed by atoms with Gasteiger partial charge < -0.3 is 15.3 Å². The minimum absolute atomic E-state index is 0.0382. The number of carbonyl (C=O) groups is 2. The molecule has 1 saturated carbocycles. The van der Waals surface area contributed by atoms with Gasteiger partial charge in [0.2, 0.25) is 0 Å². The van der Waals surface area contributed by atoms with Gasteiger partial charge in [-0.2, -0.15) is 0 Å². The third-order valence-corrected chi connectivity index (χ3v) is 4.72. The average molecular weight is 282 g/mol. The summed E-state index contributed by atoms with van der Waals surface area (Å²) in [6.07, 6.45) is 5.76. The van der Waals surface area contributed by atoms with E-state index in [0.29, 0.717) is 5.92 Å². The summed E-state index contributed by atoms with van der Waals surface area (Å²) in [4.78, 5) is 25.5. The zero-order valence-corrected chi connectivity index (χ0v) is 12.5.